The fourth-order valence-corrected chi connectivity index (χ4v) is 0.790. The third kappa shape index (κ3) is 4.12. The maximum Gasteiger partial charge on any atom is 0.188 e. The number of carbonyl (C=O) groups excluding carboxylic acids is 1. The summed E-state index contributed by atoms with van der Waals surface area (Å²) in [5.74, 6) is 0. The van der Waals surface area contributed by atoms with Crippen LogP contribution in [-0.2, 0) is 4.79 Å². The van der Waals surface area contributed by atoms with Gasteiger partial charge in [-0.1, -0.05) is 18.7 Å². The molecule has 0 rings (SSSR count). The molecule has 0 N–H and O–H groups in total. The van der Waals surface area contributed by atoms with Gasteiger partial charge in [0.15, 0.2) is 10.6 Å². The van der Waals surface area contributed by atoms with Gasteiger partial charge in [0, 0.05) is 6.92 Å². The Bertz CT molecular complexity index is 84.5. The van der Waals surface area contributed by atoms with E-state index in [1.54, 1.807) is 6.92 Å². The van der Waals surface area contributed by atoms with Gasteiger partial charge in [0.05, 0.1) is 0 Å². The van der Waals surface area contributed by atoms with Gasteiger partial charge >= 0.3 is 0 Å². The predicted molar refractivity (Wildman–Crippen MR) is 33.5 cm³/mol. The van der Waals surface area contributed by atoms with Crippen LogP contribution in [0.15, 0.2) is 0 Å². The molecule has 0 aliphatic carbocycles. The summed E-state index contributed by atoms with van der Waals surface area (Å²) >= 11 is 0.749. The third-order valence-corrected chi connectivity index (χ3v) is 1.54. The highest BCUT2D eigenvalue weighted by Crippen LogP contribution is 2.15. The number of hydrogen-bond acceptors (Lipinski definition) is 2. The van der Waals surface area contributed by atoms with Gasteiger partial charge in [0.2, 0.25) is 0 Å². The fourth-order valence-electron chi connectivity index (χ4n) is 0.263. The zero-order chi connectivity index (χ0) is 6.57. The summed E-state index contributed by atoms with van der Waals surface area (Å²) in [6, 6.07) is 0. The van der Waals surface area contributed by atoms with E-state index >= 15 is 0 Å². The first-order valence-electron chi connectivity index (χ1n) is 2.48. The van der Waals surface area contributed by atoms with Gasteiger partial charge in [-0.2, -0.15) is 0 Å². The molecule has 1 nitrogen and oxygen atoms in total. The van der Waals surface area contributed by atoms with Crippen molar-refractivity contribution in [1.82, 2.24) is 0 Å². The summed E-state index contributed by atoms with van der Waals surface area (Å²) in [5, 5.41) is -0.153. The van der Waals surface area contributed by atoms with E-state index in [4.69, 9.17) is 0 Å². The third-order valence-electron chi connectivity index (χ3n) is 0.615. The molecular formula is C5H9FOS. The number of alkyl halides is 1. The van der Waals surface area contributed by atoms with E-state index < -0.39 is 5.50 Å². The Balaban J connectivity index is 3.24. The Morgan fingerprint density at radius 2 is 2.38 bits per heavy atom. The number of halogens is 1. The van der Waals surface area contributed by atoms with Crippen LogP contribution in [-0.4, -0.2) is 10.6 Å². The van der Waals surface area contributed by atoms with Crippen LogP contribution >= 0.6 is 11.8 Å². The second-order valence-electron chi connectivity index (χ2n) is 1.43. The highest BCUT2D eigenvalue weighted by Gasteiger charge is 2.05. The van der Waals surface area contributed by atoms with Gasteiger partial charge in [0.1, 0.15) is 0 Å². The maximum absolute atomic E-state index is 12.1. The Morgan fingerprint density at radius 3 is 2.50 bits per heavy atom. The molecule has 0 fully saturated rings. The van der Waals surface area contributed by atoms with Crippen LogP contribution in [0, 0.1) is 0 Å². The van der Waals surface area contributed by atoms with Gasteiger partial charge in [-0.25, -0.2) is 4.39 Å². The van der Waals surface area contributed by atoms with Crippen molar-refractivity contribution in [2.75, 3.05) is 0 Å². The molecule has 0 amide bonds. The minimum Gasteiger partial charge on any atom is -0.287 e. The van der Waals surface area contributed by atoms with E-state index in [2.05, 4.69) is 0 Å². The molecule has 0 aromatic carbocycles. The zero-order valence-corrected chi connectivity index (χ0v) is 5.80. The van der Waals surface area contributed by atoms with E-state index in [0.717, 1.165) is 11.8 Å². The molecule has 0 spiro atoms. The molecule has 3 heteroatoms. The predicted octanol–water partition coefficient (Wildman–Crippen LogP) is 1.97. The van der Waals surface area contributed by atoms with Crippen molar-refractivity contribution in [2.45, 2.75) is 25.8 Å². The lowest BCUT2D eigenvalue weighted by Crippen LogP contribution is -1.93. The zero-order valence-electron chi connectivity index (χ0n) is 4.98. The number of thioether (sulfide) groups is 1. The summed E-state index contributed by atoms with van der Waals surface area (Å²) in [6.45, 7) is 3.08. The van der Waals surface area contributed by atoms with Crippen LogP contribution in [0.4, 0.5) is 4.39 Å². The molecule has 0 aliphatic heterocycles. The van der Waals surface area contributed by atoms with E-state index in [9.17, 15) is 9.18 Å². The SMILES string of the molecule is CCC(F)SC(C)=O. The van der Waals surface area contributed by atoms with E-state index in [1.165, 1.54) is 6.92 Å². The average Bonchev–Trinajstić information content (AvgIpc) is 1.65. The summed E-state index contributed by atoms with van der Waals surface area (Å²) in [7, 11) is 0. The lowest BCUT2D eigenvalue weighted by Gasteiger charge is -1.97. The molecule has 0 aromatic heterocycles. The maximum atomic E-state index is 12.1. The Hall–Kier alpha value is -0.0500. The molecule has 48 valence electrons. The van der Waals surface area contributed by atoms with Crippen LogP contribution in [0.2, 0.25) is 0 Å². The van der Waals surface area contributed by atoms with Crippen LogP contribution in [0.25, 0.3) is 0 Å². The fraction of sp³-hybridized carbons (Fsp3) is 0.800. The molecule has 0 aliphatic rings. The van der Waals surface area contributed by atoms with Gasteiger partial charge in [-0.05, 0) is 6.42 Å². The molecule has 0 saturated carbocycles. The summed E-state index contributed by atoms with van der Waals surface area (Å²) in [4.78, 5) is 10.1. The first-order chi connectivity index (χ1) is 3.66. The summed E-state index contributed by atoms with van der Waals surface area (Å²) < 4.78 is 12.1. The van der Waals surface area contributed by atoms with Gasteiger partial charge < -0.3 is 0 Å². The smallest absolute Gasteiger partial charge is 0.188 e. The normalized spacial score (nSPS) is 13.4. The number of hydrogen-bond donors (Lipinski definition) is 0. The van der Waals surface area contributed by atoms with Gasteiger partial charge in [-0.3, -0.25) is 4.79 Å². The Labute approximate surface area is 52.6 Å². The first-order valence-corrected chi connectivity index (χ1v) is 3.36. The molecule has 1 atom stereocenters. The van der Waals surface area contributed by atoms with Crippen LogP contribution in [0.1, 0.15) is 20.3 Å². The highest BCUT2D eigenvalue weighted by atomic mass is 32.2. The monoisotopic (exact) mass is 136 g/mol. The van der Waals surface area contributed by atoms with Crippen molar-refractivity contribution in [2.24, 2.45) is 0 Å². The molecule has 0 aromatic rings. The quantitative estimate of drug-likeness (QED) is 0.577. The van der Waals surface area contributed by atoms with Crippen molar-refractivity contribution >= 4 is 16.9 Å². The van der Waals surface area contributed by atoms with Crippen molar-refractivity contribution in [1.29, 1.82) is 0 Å². The van der Waals surface area contributed by atoms with Crippen molar-refractivity contribution in [3.8, 4) is 0 Å². The second kappa shape index (κ2) is 3.89. The standard InChI is InChI=1S/C5H9FOS/c1-3-5(6)8-4(2)7/h5H,3H2,1-2H3. The second-order valence-corrected chi connectivity index (χ2v) is 2.75. The van der Waals surface area contributed by atoms with Crippen LogP contribution in [0.3, 0.4) is 0 Å². The number of carbonyl (C=O) groups is 1. The van der Waals surface area contributed by atoms with E-state index in [1.807, 2.05) is 0 Å². The minimum atomic E-state index is -1.01. The van der Waals surface area contributed by atoms with Gasteiger partial charge in [0.25, 0.3) is 0 Å². The van der Waals surface area contributed by atoms with E-state index in [-0.39, 0.29) is 5.12 Å². The highest BCUT2D eigenvalue weighted by molar-refractivity contribution is 8.13. The largest absolute Gasteiger partial charge is 0.287 e. The van der Waals surface area contributed by atoms with Gasteiger partial charge in [-0.15, -0.1) is 0 Å². The lowest BCUT2D eigenvalue weighted by molar-refractivity contribution is -0.109. The summed E-state index contributed by atoms with van der Waals surface area (Å²) in [6.07, 6.45) is 0.407. The minimum absolute atomic E-state index is 0.153. The molecule has 1 unspecified atom stereocenters. The molecule has 0 saturated heterocycles. The molecule has 0 radical (unpaired) electrons. The first kappa shape index (κ1) is 7.95. The van der Waals surface area contributed by atoms with Crippen molar-refractivity contribution in [3.63, 3.8) is 0 Å². The Morgan fingerprint density at radius 1 is 1.88 bits per heavy atom. The van der Waals surface area contributed by atoms with E-state index in [0.29, 0.717) is 6.42 Å². The van der Waals surface area contributed by atoms with Crippen molar-refractivity contribution < 1.29 is 9.18 Å². The summed E-state index contributed by atoms with van der Waals surface area (Å²) in [5.41, 5.74) is -1.01. The van der Waals surface area contributed by atoms with Crippen LogP contribution < -0.4 is 0 Å². The lowest BCUT2D eigenvalue weighted by atomic mass is 10.6. The molecule has 0 bridgehead atoms. The van der Waals surface area contributed by atoms with Crippen molar-refractivity contribution in [3.05, 3.63) is 0 Å². The van der Waals surface area contributed by atoms with Crippen LogP contribution in [0.5, 0.6) is 0 Å². The topological polar surface area (TPSA) is 17.1 Å². The molecule has 8 heavy (non-hydrogen) atoms. The number of rotatable bonds is 2. The molecule has 0 heterocycles. The average molecular weight is 136 g/mol. The molecular weight excluding hydrogens is 127 g/mol. The Kier molecular flexibility index (Phi) is 3.87.